The van der Waals surface area contributed by atoms with E-state index >= 15 is 0 Å². The van der Waals surface area contributed by atoms with E-state index < -0.39 is 23.0 Å². The fraction of sp³-hybridized carbons (Fsp3) is 0.125. The Morgan fingerprint density at radius 1 is 1.12 bits per heavy atom. The fourth-order valence-corrected chi connectivity index (χ4v) is 1.99. The average molecular weight is 329 g/mol. The predicted molar refractivity (Wildman–Crippen MR) is 84.8 cm³/mol. The number of rotatable bonds is 6. The van der Waals surface area contributed by atoms with Gasteiger partial charge in [0.15, 0.2) is 0 Å². The highest BCUT2D eigenvalue weighted by Crippen LogP contribution is 2.14. The summed E-state index contributed by atoms with van der Waals surface area (Å²) in [6.45, 7) is -0.0932. The number of nitrogens with two attached hydrogens (primary N) is 1. The van der Waals surface area contributed by atoms with E-state index in [1.165, 1.54) is 24.3 Å². The first-order valence-corrected chi connectivity index (χ1v) is 6.98. The van der Waals surface area contributed by atoms with Crippen molar-refractivity contribution in [3.8, 4) is 0 Å². The molecular weight excluding hydrogens is 314 g/mol. The van der Waals surface area contributed by atoms with Gasteiger partial charge in [-0.1, -0.05) is 30.3 Å². The predicted octanol–water partition coefficient (Wildman–Crippen LogP) is 2.05. The number of primary amides is 1. The van der Waals surface area contributed by atoms with Gasteiger partial charge in [0.1, 0.15) is 12.6 Å². The zero-order valence-electron chi connectivity index (χ0n) is 12.5. The van der Waals surface area contributed by atoms with Gasteiger partial charge in [-0.2, -0.15) is 0 Å². The number of benzene rings is 2. The molecule has 3 N–H and O–H groups in total. The van der Waals surface area contributed by atoms with Crippen LogP contribution >= 0.6 is 0 Å². The molecule has 8 heteroatoms. The van der Waals surface area contributed by atoms with Crippen molar-refractivity contribution in [1.82, 2.24) is 5.32 Å². The molecular formula is C16H15N3O5. The smallest absolute Gasteiger partial charge is 0.408 e. The van der Waals surface area contributed by atoms with Crippen molar-refractivity contribution in [2.45, 2.75) is 12.6 Å². The van der Waals surface area contributed by atoms with Crippen LogP contribution in [0.2, 0.25) is 0 Å². The standard InChI is InChI=1S/C16H15N3O5/c17-15(20)14(12-4-2-1-3-5-12)18-16(21)24-10-11-6-8-13(9-7-11)19(22)23/h1-9,14H,10H2,(H2,17,20)(H,18,21). The Balaban J connectivity index is 1.94. The number of amides is 2. The van der Waals surface area contributed by atoms with Crippen LogP contribution in [-0.4, -0.2) is 16.9 Å². The number of ether oxygens (including phenoxy) is 1. The maximum Gasteiger partial charge on any atom is 0.408 e. The number of hydrogen-bond donors (Lipinski definition) is 2. The lowest BCUT2D eigenvalue weighted by Gasteiger charge is -2.15. The molecule has 0 aromatic heterocycles. The maximum absolute atomic E-state index is 11.8. The Bertz CT molecular complexity index is 731. The van der Waals surface area contributed by atoms with Gasteiger partial charge in [-0.3, -0.25) is 14.9 Å². The van der Waals surface area contributed by atoms with E-state index in [4.69, 9.17) is 10.5 Å². The molecule has 2 aromatic carbocycles. The van der Waals surface area contributed by atoms with Crippen LogP contribution in [0.1, 0.15) is 17.2 Å². The molecule has 2 amide bonds. The number of carbonyl (C=O) groups is 2. The lowest BCUT2D eigenvalue weighted by Crippen LogP contribution is -2.37. The summed E-state index contributed by atoms with van der Waals surface area (Å²) in [5, 5.41) is 13.0. The molecule has 0 saturated carbocycles. The van der Waals surface area contributed by atoms with Crippen LogP contribution in [0.15, 0.2) is 54.6 Å². The maximum atomic E-state index is 11.8. The van der Waals surface area contributed by atoms with E-state index in [2.05, 4.69) is 5.32 Å². The average Bonchev–Trinajstić information content (AvgIpc) is 2.58. The van der Waals surface area contributed by atoms with Crippen LogP contribution in [0.25, 0.3) is 0 Å². The molecule has 2 aromatic rings. The van der Waals surface area contributed by atoms with E-state index in [0.29, 0.717) is 11.1 Å². The first kappa shape index (κ1) is 16.9. The van der Waals surface area contributed by atoms with Crippen molar-refractivity contribution in [3.63, 3.8) is 0 Å². The van der Waals surface area contributed by atoms with Crippen molar-refractivity contribution >= 4 is 17.7 Å². The second-order valence-electron chi connectivity index (χ2n) is 4.89. The SMILES string of the molecule is NC(=O)C(NC(=O)OCc1ccc([N+](=O)[O-])cc1)c1ccccc1. The highest BCUT2D eigenvalue weighted by molar-refractivity contribution is 5.85. The first-order valence-electron chi connectivity index (χ1n) is 6.98. The number of carbonyl (C=O) groups excluding carboxylic acids is 2. The van der Waals surface area contributed by atoms with E-state index in [1.807, 2.05) is 0 Å². The van der Waals surface area contributed by atoms with Gasteiger partial charge >= 0.3 is 6.09 Å². The van der Waals surface area contributed by atoms with Gasteiger partial charge in [0, 0.05) is 12.1 Å². The first-order chi connectivity index (χ1) is 11.5. The van der Waals surface area contributed by atoms with Gasteiger partial charge in [0.2, 0.25) is 5.91 Å². The number of nitro benzene ring substituents is 1. The minimum absolute atomic E-state index is 0.0546. The summed E-state index contributed by atoms with van der Waals surface area (Å²) in [6, 6.07) is 13.1. The lowest BCUT2D eigenvalue weighted by molar-refractivity contribution is -0.384. The van der Waals surface area contributed by atoms with E-state index in [9.17, 15) is 19.7 Å². The molecule has 0 radical (unpaired) electrons. The van der Waals surface area contributed by atoms with Crippen molar-refractivity contribution in [2.75, 3.05) is 0 Å². The van der Waals surface area contributed by atoms with Gasteiger partial charge in [0.05, 0.1) is 4.92 Å². The normalized spacial score (nSPS) is 11.3. The fourth-order valence-electron chi connectivity index (χ4n) is 1.99. The lowest BCUT2D eigenvalue weighted by atomic mass is 10.1. The van der Waals surface area contributed by atoms with Crippen molar-refractivity contribution < 1.29 is 19.2 Å². The van der Waals surface area contributed by atoms with Gasteiger partial charge < -0.3 is 15.8 Å². The summed E-state index contributed by atoms with van der Waals surface area (Å²) in [4.78, 5) is 33.4. The highest BCUT2D eigenvalue weighted by Gasteiger charge is 2.20. The van der Waals surface area contributed by atoms with Gasteiger partial charge in [0.25, 0.3) is 5.69 Å². The third-order valence-corrected chi connectivity index (χ3v) is 3.20. The highest BCUT2D eigenvalue weighted by atomic mass is 16.6. The molecule has 0 aliphatic rings. The second kappa shape index (κ2) is 7.73. The molecule has 124 valence electrons. The molecule has 0 spiro atoms. The quantitative estimate of drug-likeness (QED) is 0.620. The van der Waals surface area contributed by atoms with Crippen LogP contribution in [0.5, 0.6) is 0 Å². The molecule has 24 heavy (non-hydrogen) atoms. The number of hydrogen-bond acceptors (Lipinski definition) is 5. The zero-order valence-corrected chi connectivity index (χ0v) is 12.5. The van der Waals surface area contributed by atoms with Crippen LogP contribution in [0.4, 0.5) is 10.5 Å². The van der Waals surface area contributed by atoms with Gasteiger partial charge in [-0.05, 0) is 23.3 Å². The Morgan fingerprint density at radius 3 is 2.29 bits per heavy atom. The number of non-ortho nitro benzene ring substituents is 1. The summed E-state index contributed by atoms with van der Waals surface area (Å²) in [7, 11) is 0. The zero-order chi connectivity index (χ0) is 17.5. The van der Waals surface area contributed by atoms with Gasteiger partial charge in [-0.25, -0.2) is 4.79 Å². The summed E-state index contributed by atoms with van der Waals surface area (Å²) in [6.07, 6.45) is -0.819. The monoisotopic (exact) mass is 329 g/mol. The minimum Gasteiger partial charge on any atom is -0.445 e. The second-order valence-corrected chi connectivity index (χ2v) is 4.89. The van der Waals surface area contributed by atoms with Crippen LogP contribution in [0, 0.1) is 10.1 Å². The summed E-state index contributed by atoms with van der Waals surface area (Å²) in [5.41, 5.74) is 6.36. The van der Waals surface area contributed by atoms with Gasteiger partial charge in [-0.15, -0.1) is 0 Å². The van der Waals surface area contributed by atoms with Crippen molar-refractivity contribution in [2.24, 2.45) is 5.73 Å². The summed E-state index contributed by atoms with van der Waals surface area (Å²) >= 11 is 0. The number of nitro groups is 1. The third-order valence-electron chi connectivity index (χ3n) is 3.20. The number of nitrogens with one attached hydrogen (secondary N) is 1. The third kappa shape index (κ3) is 4.54. The molecule has 0 fully saturated rings. The topological polar surface area (TPSA) is 125 Å². The summed E-state index contributed by atoms with van der Waals surface area (Å²) in [5.74, 6) is -0.714. The minimum atomic E-state index is -1.00. The summed E-state index contributed by atoms with van der Waals surface area (Å²) < 4.78 is 5.00. The largest absolute Gasteiger partial charge is 0.445 e. The molecule has 0 saturated heterocycles. The van der Waals surface area contributed by atoms with Crippen LogP contribution in [-0.2, 0) is 16.1 Å². The van der Waals surface area contributed by atoms with E-state index in [0.717, 1.165) is 0 Å². The molecule has 0 bridgehead atoms. The van der Waals surface area contributed by atoms with Crippen molar-refractivity contribution in [3.05, 3.63) is 75.8 Å². The molecule has 0 aliphatic carbocycles. The van der Waals surface area contributed by atoms with E-state index in [-0.39, 0.29) is 12.3 Å². The molecule has 0 heterocycles. The molecule has 2 rings (SSSR count). The molecule has 1 unspecified atom stereocenters. The van der Waals surface area contributed by atoms with Crippen LogP contribution in [0.3, 0.4) is 0 Å². The molecule has 1 atom stereocenters. The number of alkyl carbamates (subject to hydrolysis) is 1. The number of nitrogens with zero attached hydrogens (tertiary/aromatic N) is 1. The van der Waals surface area contributed by atoms with E-state index in [1.54, 1.807) is 30.3 Å². The Kier molecular flexibility index (Phi) is 5.45. The van der Waals surface area contributed by atoms with Crippen molar-refractivity contribution in [1.29, 1.82) is 0 Å². The molecule has 0 aliphatic heterocycles. The van der Waals surface area contributed by atoms with Crippen LogP contribution < -0.4 is 11.1 Å². The molecule has 8 nitrogen and oxygen atoms in total. The Labute approximate surface area is 137 Å². The Hall–Kier alpha value is -3.42. The Morgan fingerprint density at radius 2 is 1.75 bits per heavy atom.